The second kappa shape index (κ2) is 5.79. The normalized spacial score (nSPS) is 28.3. The molecule has 0 amide bonds. The maximum Gasteiger partial charge on any atom is 0.0712 e. The molecule has 0 spiro atoms. The number of methoxy groups -OCH3 is 1. The van der Waals surface area contributed by atoms with E-state index in [1.165, 1.54) is 0 Å². The number of hydrogen-bond donors (Lipinski definition) is 1. The molecule has 0 saturated heterocycles. The van der Waals surface area contributed by atoms with Crippen molar-refractivity contribution in [3.8, 4) is 0 Å². The fraction of sp³-hybridized carbons (Fsp3) is 0.571. The van der Waals surface area contributed by atoms with E-state index >= 15 is 0 Å². The molecule has 1 N–H and O–H groups in total. The molecule has 2 nitrogen and oxygen atoms in total. The first-order chi connectivity index (χ1) is 8.52. The van der Waals surface area contributed by atoms with Crippen LogP contribution in [0.15, 0.2) is 18.2 Å². The topological polar surface area (TPSA) is 29.5 Å². The minimum atomic E-state index is -0.684. The van der Waals surface area contributed by atoms with Crippen LogP contribution >= 0.6 is 23.2 Å². The van der Waals surface area contributed by atoms with Gasteiger partial charge in [0, 0.05) is 20.0 Å². The Hall–Kier alpha value is -0.280. The van der Waals surface area contributed by atoms with E-state index in [1.807, 2.05) is 12.1 Å². The molecule has 100 valence electrons. The van der Waals surface area contributed by atoms with Gasteiger partial charge in [-0.3, -0.25) is 0 Å². The molecule has 1 saturated carbocycles. The van der Waals surface area contributed by atoms with Crippen LogP contribution in [0.4, 0.5) is 0 Å². The minimum absolute atomic E-state index is 0.159. The molecule has 18 heavy (non-hydrogen) atoms. The predicted octanol–water partition coefficient (Wildman–Crippen LogP) is 3.86. The van der Waals surface area contributed by atoms with Crippen molar-refractivity contribution in [3.05, 3.63) is 33.8 Å². The zero-order chi connectivity index (χ0) is 13.2. The van der Waals surface area contributed by atoms with Crippen molar-refractivity contribution >= 4 is 23.2 Å². The van der Waals surface area contributed by atoms with Gasteiger partial charge < -0.3 is 9.84 Å². The Morgan fingerprint density at radius 3 is 2.83 bits per heavy atom. The van der Waals surface area contributed by atoms with E-state index in [2.05, 4.69) is 0 Å². The van der Waals surface area contributed by atoms with Gasteiger partial charge in [-0.25, -0.2) is 0 Å². The van der Waals surface area contributed by atoms with Crippen LogP contribution in [0.1, 0.15) is 31.2 Å². The number of hydrogen-bond acceptors (Lipinski definition) is 2. The lowest BCUT2D eigenvalue weighted by Crippen LogP contribution is -2.40. The molecule has 0 aromatic heterocycles. The van der Waals surface area contributed by atoms with E-state index in [0.29, 0.717) is 22.9 Å². The van der Waals surface area contributed by atoms with Gasteiger partial charge >= 0.3 is 0 Å². The summed E-state index contributed by atoms with van der Waals surface area (Å²) in [4.78, 5) is 0. The summed E-state index contributed by atoms with van der Waals surface area (Å²) >= 11 is 11.9. The highest BCUT2D eigenvalue weighted by Crippen LogP contribution is 2.34. The molecule has 4 heteroatoms. The van der Waals surface area contributed by atoms with Gasteiger partial charge in [0.05, 0.1) is 21.8 Å². The van der Waals surface area contributed by atoms with E-state index in [9.17, 15) is 5.11 Å². The molecule has 1 aliphatic carbocycles. The summed E-state index contributed by atoms with van der Waals surface area (Å²) in [6.45, 7) is 0. The zero-order valence-electron chi connectivity index (χ0n) is 10.5. The molecule has 0 heterocycles. The molecule has 0 aliphatic heterocycles. The molecule has 1 aromatic rings. The van der Waals surface area contributed by atoms with Crippen LogP contribution in [0.2, 0.25) is 10.0 Å². The molecule has 2 atom stereocenters. The summed E-state index contributed by atoms with van der Waals surface area (Å²) < 4.78 is 5.36. The second-order valence-corrected chi connectivity index (χ2v) is 5.92. The van der Waals surface area contributed by atoms with Crippen molar-refractivity contribution in [2.45, 2.75) is 43.8 Å². The molecule has 2 unspecified atom stereocenters. The maximum atomic E-state index is 10.6. The molecule has 0 radical (unpaired) electrons. The van der Waals surface area contributed by atoms with Gasteiger partial charge in [0.1, 0.15) is 0 Å². The number of aliphatic hydroxyl groups is 1. The van der Waals surface area contributed by atoms with Crippen LogP contribution in [0.25, 0.3) is 0 Å². The maximum absolute atomic E-state index is 10.6. The third kappa shape index (κ3) is 3.39. The first-order valence-electron chi connectivity index (χ1n) is 6.21. The number of halogens is 2. The Balaban J connectivity index is 2.09. The fourth-order valence-electron chi connectivity index (χ4n) is 2.68. The average molecular weight is 289 g/mol. The monoisotopic (exact) mass is 288 g/mol. The number of ether oxygens (including phenoxy) is 1. The van der Waals surface area contributed by atoms with E-state index in [0.717, 1.165) is 24.8 Å². The van der Waals surface area contributed by atoms with Crippen molar-refractivity contribution in [2.75, 3.05) is 7.11 Å². The van der Waals surface area contributed by atoms with Crippen LogP contribution in [0.5, 0.6) is 0 Å². The lowest BCUT2D eigenvalue weighted by Gasteiger charge is -2.36. The third-order valence-electron chi connectivity index (χ3n) is 3.63. The van der Waals surface area contributed by atoms with Gasteiger partial charge in [-0.1, -0.05) is 29.3 Å². The first-order valence-corrected chi connectivity index (χ1v) is 6.97. The second-order valence-electron chi connectivity index (χ2n) is 5.10. The predicted molar refractivity (Wildman–Crippen MR) is 74.4 cm³/mol. The highest BCUT2D eigenvalue weighted by Gasteiger charge is 2.34. The molecule has 1 aliphatic rings. The van der Waals surface area contributed by atoms with Crippen molar-refractivity contribution in [3.63, 3.8) is 0 Å². The van der Waals surface area contributed by atoms with Crippen LogP contribution in [-0.4, -0.2) is 23.9 Å². The SMILES string of the molecule is COC1CCCC(O)(Cc2ccc(Cl)c(Cl)c2)C1. The highest BCUT2D eigenvalue weighted by molar-refractivity contribution is 6.42. The Bertz CT molecular complexity index is 422. The Morgan fingerprint density at radius 1 is 1.39 bits per heavy atom. The van der Waals surface area contributed by atoms with Gasteiger partial charge in [0.2, 0.25) is 0 Å². The van der Waals surface area contributed by atoms with Crippen molar-refractivity contribution in [1.29, 1.82) is 0 Å². The quantitative estimate of drug-likeness (QED) is 0.915. The summed E-state index contributed by atoms with van der Waals surface area (Å²) in [5.74, 6) is 0. The van der Waals surface area contributed by atoms with Gasteiger partial charge in [-0.05, 0) is 37.0 Å². The summed E-state index contributed by atoms with van der Waals surface area (Å²) in [6.07, 6.45) is 4.28. The van der Waals surface area contributed by atoms with Crippen LogP contribution in [0.3, 0.4) is 0 Å². The molecule has 0 bridgehead atoms. The lowest BCUT2D eigenvalue weighted by atomic mass is 9.79. The highest BCUT2D eigenvalue weighted by atomic mass is 35.5. The summed E-state index contributed by atoms with van der Waals surface area (Å²) in [7, 11) is 1.70. The Kier molecular flexibility index (Phi) is 4.54. The Labute approximate surface area is 118 Å². The minimum Gasteiger partial charge on any atom is -0.389 e. The summed E-state index contributed by atoms with van der Waals surface area (Å²) in [5, 5.41) is 11.7. The van der Waals surface area contributed by atoms with Crippen LogP contribution in [-0.2, 0) is 11.2 Å². The summed E-state index contributed by atoms with van der Waals surface area (Å²) in [6, 6.07) is 5.53. The van der Waals surface area contributed by atoms with Crippen LogP contribution in [0, 0.1) is 0 Å². The van der Waals surface area contributed by atoms with Crippen LogP contribution < -0.4 is 0 Å². The standard InChI is InChI=1S/C14H18Cl2O2/c1-18-11-3-2-6-14(17,9-11)8-10-4-5-12(15)13(16)7-10/h4-5,7,11,17H,2-3,6,8-9H2,1H3. The third-order valence-corrected chi connectivity index (χ3v) is 4.37. The molecule has 1 fully saturated rings. The zero-order valence-corrected chi connectivity index (χ0v) is 12.0. The van der Waals surface area contributed by atoms with E-state index < -0.39 is 5.60 Å². The Morgan fingerprint density at radius 2 is 2.17 bits per heavy atom. The van der Waals surface area contributed by atoms with Crippen molar-refractivity contribution in [1.82, 2.24) is 0 Å². The van der Waals surface area contributed by atoms with Gasteiger partial charge in [-0.2, -0.15) is 0 Å². The number of benzene rings is 1. The average Bonchev–Trinajstić information content (AvgIpc) is 2.33. The van der Waals surface area contributed by atoms with E-state index in [-0.39, 0.29) is 6.10 Å². The van der Waals surface area contributed by atoms with Crippen molar-refractivity contribution in [2.24, 2.45) is 0 Å². The van der Waals surface area contributed by atoms with E-state index in [1.54, 1.807) is 13.2 Å². The van der Waals surface area contributed by atoms with Gasteiger partial charge in [0.25, 0.3) is 0 Å². The van der Waals surface area contributed by atoms with Crippen molar-refractivity contribution < 1.29 is 9.84 Å². The van der Waals surface area contributed by atoms with E-state index in [4.69, 9.17) is 27.9 Å². The largest absolute Gasteiger partial charge is 0.389 e. The smallest absolute Gasteiger partial charge is 0.0712 e. The molecular formula is C14H18Cl2O2. The lowest BCUT2D eigenvalue weighted by molar-refractivity contribution is -0.0581. The fourth-order valence-corrected chi connectivity index (χ4v) is 3.00. The van der Waals surface area contributed by atoms with Gasteiger partial charge in [-0.15, -0.1) is 0 Å². The number of rotatable bonds is 3. The van der Waals surface area contributed by atoms with Gasteiger partial charge in [0.15, 0.2) is 0 Å². The molecule has 2 rings (SSSR count). The molecule has 1 aromatic carbocycles. The molecular weight excluding hydrogens is 271 g/mol. The first kappa shape index (κ1) is 14.1. The summed E-state index contributed by atoms with van der Waals surface area (Å²) in [5.41, 5.74) is 0.333.